The molecular formula is C26H26N2O4. The van der Waals surface area contributed by atoms with Crippen LogP contribution < -0.4 is 10.6 Å². The molecule has 32 heavy (non-hydrogen) atoms. The summed E-state index contributed by atoms with van der Waals surface area (Å²) in [6.07, 6.45) is 0.564. The molecule has 2 N–H and O–H groups in total. The van der Waals surface area contributed by atoms with Gasteiger partial charge in [0.25, 0.3) is 5.91 Å². The maximum Gasteiger partial charge on any atom is 0.328 e. The minimum atomic E-state index is -0.873. The number of nitrogens with one attached hydrogen (secondary N) is 2. The zero-order chi connectivity index (χ0) is 22.8. The lowest BCUT2D eigenvalue weighted by Crippen LogP contribution is -2.53. The number of hydrogen-bond donors (Lipinski definition) is 2. The Balaban J connectivity index is 1.78. The molecule has 0 fully saturated rings. The van der Waals surface area contributed by atoms with Crippen molar-refractivity contribution in [2.24, 2.45) is 0 Å². The first kappa shape index (κ1) is 22.7. The van der Waals surface area contributed by atoms with Crippen LogP contribution in [0.5, 0.6) is 0 Å². The summed E-state index contributed by atoms with van der Waals surface area (Å²) in [4.78, 5) is 38.3. The molecule has 0 aliphatic carbocycles. The van der Waals surface area contributed by atoms with Gasteiger partial charge in [0, 0.05) is 18.4 Å². The monoisotopic (exact) mass is 430 g/mol. The molecular weight excluding hydrogens is 404 g/mol. The second kappa shape index (κ2) is 11.5. The van der Waals surface area contributed by atoms with Crippen LogP contribution in [0.15, 0.2) is 91.0 Å². The average Bonchev–Trinajstić information content (AvgIpc) is 2.84. The summed E-state index contributed by atoms with van der Waals surface area (Å²) in [5.41, 5.74) is 2.22. The van der Waals surface area contributed by atoms with E-state index in [9.17, 15) is 14.4 Å². The van der Waals surface area contributed by atoms with E-state index in [1.54, 1.807) is 24.3 Å². The highest BCUT2D eigenvalue weighted by molar-refractivity contribution is 5.98. The molecule has 0 aliphatic rings. The molecule has 1 unspecified atom stereocenters. The smallest absolute Gasteiger partial charge is 0.328 e. The maximum absolute atomic E-state index is 13.2. The van der Waals surface area contributed by atoms with Crippen LogP contribution in [0, 0.1) is 0 Å². The zero-order valence-electron chi connectivity index (χ0n) is 17.9. The maximum atomic E-state index is 13.2. The van der Waals surface area contributed by atoms with Crippen LogP contribution in [0.4, 0.5) is 0 Å². The highest BCUT2D eigenvalue weighted by Gasteiger charge is 2.28. The molecule has 0 heterocycles. The van der Waals surface area contributed by atoms with Crippen LogP contribution in [0.1, 0.15) is 21.5 Å². The molecule has 0 aliphatic heterocycles. The SMILES string of the molecule is COC(=O)C(Cc1ccccc1)NC(=O)[C@H](Cc1ccccc1)NC(=O)c1ccccc1. The van der Waals surface area contributed by atoms with Crippen molar-refractivity contribution in [3.8, 4) is 0 Å². The molecule has 0 aromatic heterocycles. The Morgan fingerprint density at radius 3 is 1.66 bits per heavy atom. The fraction of sp³-hybridized carbons (Fsp3) is 0.192. The molecule has 3 aromatic carbocycles. The van der Waals surface area contributed by atoms with Crippen LogP contribution in [0.25, 0.3) is 0 Å². The van der Waals surface area contributed by atoms with E-state index in [1.807, 2.05) is 66.7 Å². The van der Waals surface area contributed by atoms with Crippen LogP contribution in [-0.2, 0) is 27.2 Å². The number of amides is 2. The van der Waals surface area contributed by atoms with Crippen LogP contribution in [-0.4, -0.2) is 37.0 Å². The highest BCUT2D eigenvalue weighted by Crippen LogP contribution is 2.09. The topological polar surface area (TPSA) is 84.5 Å². The molecule has 0 spiro atoms. The Morgan fingerprint density at radius 1 is 0.688 bits per heavy atom. The van der Waals surface area contributed by atoms with E-state index < -0.39 is 24.0 Å². The molecule has 2 atom stereocenters. The van der Waals surface area contributed by atoms with Gasteiger partial charge in [-0.1, -0.05) is 78.9 Å². The van der Waals surface area contributed by atoms with E-state index in [0.717, 1.165) is 11.1 Å². The summed E-state index contributed by atoms with van der Waals surface area (Å²) in [7, 11) is 1.28. The second-order valence-corrected chi connectivity index (χ2v) is 7.36. The quantitative estimate of drug-likeness (QED) is 0.511. The molecule has 164 valence electrons. The van der Waals surface area contributed by atoms with E-state index in [0.29, 0.717) is 5.56 Å². The Bertz CT molecular complexity index is 1020. The van der Waals surface area contributed by atoms with Crippen LogP contribution in [0.3, 0.4) is 0 Å². The van der Waals surface area contributed by atoms with E-state index >= 15 is 0 Å². The summed E-state index contributed by atoms with van der Waals surface area (Å²) in [5, 5.41) is 5.57. The lowest BCUT2D eigenvalue weighted by molar-refractivity contribution is -0.145. The van der Waals surface area contributed by atoms with Gasteiger partial charge >= 0.3 is 5.97 Å². The predicted octanol–water partition coefficient (Wildman–Crippen LogP) is 2.93. The minimum absolute atomic E-state index is 0.282. The molecule has 3 rings (SSSR count). The van der Waals surface area contributed by atoms with E-state index in [-0.39, 0.29) is 18.7 Å². The van der Waals surface area contributed by atoms with Crippen molar-refractivity contribution in [1.29, 1.82) is 0 Å². The van der Waals surface area contributed by atoms with Crippen LogP contribution in [0.2, 0.25) is 0 Å². The van der Waals surface area contributed by atoms with E-state index in [1.165, 1.54) is 7.11 Å². The summed E-state index contributed by atoms with van der Waals surface area (Å²) in [5.74, 6) is -1.36. The third kappa shape index (κ3) is 6.54. The van der Waals surface area contributed by atoms with Crippen molar-refractivity contribution in [3.63, 3.8) is 0 Å². The molecule has 2 amide bonds. The lowest BCUT2D eigenvalue weighted by atomic mass is 10.0. The van der Waals surface area contributed by atoms with Crippen molar-refractivity contribution in [2.75, 3.05) is 7.11 Å². The van der Waals surface area contributed by atoms with Gasteiger partial charge in [0.15, 0.2) is 0 Å². The summed E-state index contributed by atoms with van der Waals surface area (Å²) >= 11 is 0. The van der Waals surface area contributed by atoms with Gasteiger partial charge in [-0.25, -0.2) is 4.79 Å². The molecule has 0 bridgehead atoms. The number of methoxy groups -OCH3 is 1. The fourth-order valence-electron chi connectivity index (χ4n) is 3.35. The van der Waals surface area contributed by atoms with Gasteiger partial charge in [0.2, 0.25) is 5.91 Å². The van der Waals surface area contributed by atoms with Gasteiger partial charge in [-0.05, 0) is 23.3 Å². The van der Waals surface area contributed by atoms with Crippen molar-refractivity contribution in [1.82, 2.24) is 10.6 Å². The first-order valence-corrected chi connectivity index (χ1v) is 10.4. The van der Waals surface area contributed by atoms with Gasteiger partial charge in [-0.3, -0.25) is 9.59 Å². The zero-order valence-corrected chi connectivity index (χ0v) is 17.9. The number of rotatable bonds is 9. The Kier molecular flexibility index (Phi) is 8.15. The summed E-state index contributed by atoms with van der Waals surface area (Å²) in [6, 6.07) is 25.7. The molecule has 0 saturated carbocycles. The third-order valence-corrected chi connectivity index (χ3v) is 5.03. The van der Waals surface area contributed by atoms with Gasteiger partial charge in [-0.2, -0.15) is 0 Å². The largest absolute Gasteiger partial charge is 0.467 e. The Morgan fingerprint density at radius 2 is 1.16 bits per heavy atom. The number of carbonyl (C=O) groups is 3. The standard InChI is InChI=1S/C26H26N2O4/c1-32-26(31)23(18-20-13-7-3-8-14-20)28-25(30)22(17-19-11-5-2-6-12-19)27-24(29)21-15-9-4-10-16-21/h2-16,22-23H,17-18H2,1H3,(H,27,29)(H,28,30)/t22-,23?/m0/s1. The fourth-order valence-corrected chi connectivity index (χ4v) is 3.35. The Hall–Kier alpha value is -3.93. The second-order valence-electron chi connectivity index (χ2n) is 7.36. The average molecular weight is 431 g/mol. The number of benzene rings is 3. The predicted molar refractivity (Wildman–Crippen MR) is 122 cm³/mol. The first-order valence-electron chi connectivity index (χ1n) is 10.4. The number of ether oxygens (including phenoxy) is 1. The highest BCUT2D eigenvalue weighted by atomic mass is 16.5. The molecule has 0 radical (unpaired) electrons. The summed E-state index contributed by atoms with van der Waals surface area (Å²) < 4.78 is 4.89. The summed E-state index contributed by atoms with van der Waals surface area (Å²) in [6.45, 7) is 0. The van der Waals surface area contributed by atoms with Gasteiger partial charge in [0.05, 0.1) is 7.11 Å². The van der Waals surface area contributed by atoms with Crippen molar-refractivity contribution >= 4 is 17.8 Å². The van der Waals surface area contributed by atoms with Crippen molar-refractivity contribution in [3.05, 3.63) is 108 Å². The number of esters is 1. The number of hydrogen-bond acceptors (Lipinski definition) is 4. The van der Waals surface area contributed by atoms with Crippen LogP contribution >= 0.6 is 0 Å². The number of carbonyl (C=O) groups excluding carboxylic acids is 3. The van der Waals surface area contributed by atoms with Crippen molar-refractivity contribution < 1.29 is 19.1 Å². The third-order valence-electron chi connectivity index (χ3n) is 5.03. The van der Waals surface area contributed by atoms with E-state index in [2.05, 4.69) is 10.6 Å². The molecule has 3 aromatic rings. The minimum Gasteiger partial charge on any atom is -0.467 e. The van der Waals surface area contributed by atoms with Gasteiger partial charge < -0.3 is 15.4 Å². The Labute approximate surface area is 187 Å². The molecule has 0 saturated heterocycles. The molecule has 6 nitrogen and oxygen atoms in total. The van der Waals surface area contributed by atoms with E-state index in [4.69, 9.17) is 4.74 Å². The van der Waals surface area contributed by atoms with Gasteiger partial charge in [0.1, 0.15) is 12.1 Å². The van der Waals surface area contributed by atoms with Crippen molar-refractivity contribution in [2.45, 2.75) is 24.9 Å². The first-order chi connectivity index (χ1) is 15.6. The normalized spacial score (nSPS) is 12.3. The lowest BCUT2D eigenvalue weighted by Gasteiger charge is -2.22. The molecule has 6 heteroatoms. The van der Waals surface area contributed by atoms with Gasteiger partial charge in [-0.15, -0.1) is 0 Å².